The number of aliphatic carboxylic acids is 1. The topological polar surface area (TPSA) is 181 Å². The maximum Gasteiger partial charge on any atom is 0.346 e. The summed E-state index contributed by atoms with van der Waals surface area (Å²) in [6.45, 7) is 0.465. The van der Waals surface area contributed by atoms with Gasteiger partial charge in [0.1, 0.15) is 0 Å². The van der Waals surface area contributed by atoms with E-state index >= 15 is 0 Å². The lowest BCUT2D eigenvalue weighted by Gasteiger charge is -2.07. The van der Waals surface area contributed by atoms with Crippen LogP contribution in [0.4, 0.5) is 0 Å². The highest BCUT2D eigenvalue weighted by molar-refractivity contribution is 6.10. The predicted molar refractivity (Wildman–Crippen MR) is 102 cm³/mol. The number of rotatable bonds is 7. The molecule has 0 atom stereocenters. The van der Waals surface area contributed by atoms with Crippen molar-refractivity contribution < 1.29 is 44.0 Å². The average molecular weight is 417 g/mol. The molecule has 5 N–H and O–H groups in total. The quantitative estimate of drug-likeness (QED) is 0.383. The maximum absolute atomic E-state index is 12.0. The van der Waals surface area contributed by atoms with E-state index in [4.69, 9.17) is 21.1 Å². The molecule has 158 valence electrons. The van der Waals surface area contributed by atoms with E-state index in [1.165, 1.54) is 48.5 Å². The minimum atomic E-state index is -1.35. The zero-order valence-corrected chi connectivity index (χ0v) is 15.6. The molecule has 0 saturated carbocycles. The van der Waals surface area contributed by atoms with Gasteiger partial charge in [-0.1, -0.05) is 24.3 Å². The van der Waals surface area contributed by atoms with E-state index in [1.807, 2.05) is 0 Å². The van der Waals surface area contributed by atoms with Crippen molar-refractivity contribution in [2.45, 2.75) is 12.8 Å². The lowest BCUT2D eigenvalue weighted by atomic mass is 10.1. The van der Waals surface area contributed by atoms with Crippen molar-refractivity contribution in [1.29, 1.82) is 0 Å². The Hall–Kier alpha value is -4.05. The second kappa shape index (κ2) is 11.7. The molecule has 10 heteroatoms. The van der Waals surface area contributed by atoms with Crippen LogP contribution in [0.15, 0.2) is 48.5 Å². The van der Waals surface area contributed by atoms with Gasteiger partial charge in [-0.2, -0.15) is 0 Å². The van der Waals surface area contributed by atoms with E-state index in [2.05, 4.69) is 4.74 Å². The van der Waals surface area contributed by atoms with Crippen LogP contribution in [0, 0.1) is 0 Å². The minimum Gasteiger partial charge on any atom is -0.481 e. The second-order valence-electron chi connectivity index (χ2n) is 5.66. The summed E-state index contributed by atoms with van der Waals surface area (Å²) < 4.78 is 4.60. The summed E-state index contributed by atoms with van der Waals surface area (Å²) in [5, 5.41) is 26.0. The van der Waals surface area contributed by atoms with Crippen LogP contribution in [-0.2, 0) is 9.53 Å². The molecule has 0 heterocycles. The van der Waals surface area contributed by atoms with Crippen molar-refractivity contribution in [2.24, 2.45) is 5.73 Å². The number of nitrogens with two attached hydrogens (primary N) is 1. The molecule has 2 aromatic carbocycles. The summed E-state index contributed by atoms with van der Waals surface area (Å²) in [7, 11) is 0. The molecule has 0 aliphatic rings. The van der Waals surface area contributed by atoms with Gasteiger partial charge in [-0.25, -0.2) is 19.2 Å². The summed E-state index contributed by atoms with van der Waals surface area (Å²) in [6.07, 6.45) is 0.770. The van der Waals surface area contributed by atoms with Crippen molar-refractivity contribution in [3.63, 3.8) is 0 Å². The molecular weight excluding hydrogens is 398 g/mol. The van der Waals surface area contributed by atoms with Gasteiger partial charge >= 0.3 is 29.8 Å². The molecule has 0 aromatic heterocycles. The first kappa shape index (κ1) is 24.0. The molecule has 0 saturated heterocycles. The van der Waals surface area contributed by atoms with E-state index in [0.717, 1.165) is 0 Å². The highest BCUT2D eigenvalue weighted by Gasteiger charge is 2.23. The fourth-order valence-electron chi connectivity index (χ4n) is 2.14. The molecule has 0 aliphatic heterocycles. The molecule has 10 nitrogen and oxygen atoms in total. The first-order chi connectivity index (χ1) is 14.2. The Kier molecular flexibility index (Phi) is 9.37. The molecule has 30 heavy (non-hydrogen) atoms. The van der Waals surface area contributed by atoms with Gasteiger partial charge in [0.25, 0.3) is 0 Å². The Bertz CT molecular complexity index is 885. The Morgan fingerprint density at radius 1 is 0.700 bits per heavy atom. The van der Waals surface area contributed by atoms with Crippen LogP contribution in [0.1, 0.15) is 54.3 Å². The van der Waals surface area contributed by atoms with Gasteiger partial charge in [0, 0.05) is 6.42 Å². The standard InChI is InChI=1S/C16H10O7.C4H9NO2/c17-13(18)9-5-1-3-7-11(9)15(21)23-16(22)12-8-4-2-6-10(12)14(19)20;5-3-1-2-4(6)7/h1-8H,(H,17,18)(H,19,20);1-3,5H2,(H,6,7). The molecule has 0 radical (unpaired) electrons. The van der Waals surface area contributed by atoms with Crippen molar-refractivity contribution in [1.82, 2.24) is 0 Å². The number of carboxylic acids is 3. The van der Waals surface area contributed by atoms with Crippen LogP contribution in [-0.4, -0.2) is 51.7 Å². The van der Waals surface area contributed by atoms with E-state index in [0.29, 0.717) is 13.0 Å². The number of ether oxygens (including phenoxy) is 1. The van der Waals surface area contributed by atoms with Crippen molar-refractivity contribution in [2.75, 3.05) is 6.54 Å². The number of carboxylic acid groups (broad SMARTS) is 3. The summed E-state index contributed by atoms with van der Waals surface area (Å²) >= 11 is 0. The van der Waals surface area contributed by atoms with Crippen molar-refractivity contribution in [3.8, 4) is 0 Å². The SMILES string of the molecule is NCCCC(=O)O.O=C(O)c1ccccc1C(=O)OC(=O)c1ccccc1C(=O)O. The van der Waals surface area contributed by atoms with Gasteiger partial charge in [0.2, 0.25) is 0 Å². The Morgan fingerprint density at radius 2 is 1.07 bits per heavy atom. The summed E-state index contributed by atoms with van der Waals surface area (Å²) in [6, 6.07) is 10.4. The predicted octanol–water partition coefficient (Wildman–Crippen LogP) is 1.89. The van der Waals surface area contributed by atoms with E-state index in [1.54, 1.807) is 0 Å². The maximum atomic E-state index is 12.0. The van der Waals surface area contributed by atoms with Gasteiger partial charge in [-0.15, -0.1) is 0 Å². The smallest absolute Gasteiger partial charge is 0.346 e. The molecule has 0 spiro atoms. The van der Waals surface area contributed by atoms with Crippen LogP contribution in [0.5, 0.6) is 0 Å². The third-order valence-electron chi connectivity index (χ3n) is 3.53. The fourth-order valence-corrected chi connectivity index (χ4v) is 2.14. The van der Waals surface area contributed by atoms with E-state index < -0.39 is 29.8 Å². The molecule has 0 aliphatic carbocycles. The van der Waals surface area contributed by atoms with Crippen LogP contribution < -0.4 is 5.73 Å². The van der Waals surface area contributed by atoms with Crippen LogP contribution >= 0.6 is 0 Å². The normalized spacial score (nSPS) is 9.63. The van der Waals surface area contributed by atoms with E-state index in [9.17, 15) is 24.0 Å². The number of carbonyl (C=O) groups excluding carboxylic acids is 2. The summed E-state index contributed by atoms with van der Waals surface area (Å²) in [5.41, 5.74) is 3.76. The molecule has 0 unspecified atom stereocenters. The Balaban J connectivity index is 0.000000553. The Morgan fingerprint density at radius 3 is 1.33 bits per heavy atom. The molecule has 2 aromatic rings. The van der Waals surface area contributed by atoms with Crippen molar-refractivity contribution >= 4 is 29.8 Å². The first-order valence-electron chi connectivity index (χ1n) is 8.52. The highest BCUT2D eigenvalue weighted by Crippen LogP contribution is 2.14. The van der Waals surface area contributed by atoms with Gasteiger partial charge in [0.15, 0.2) is 0 Å². The Labute approximate surface area is 170 Å². The molecular formula is C20H19NO9. The van der Waals surface area contributed by atoms with Gasteiger partial charge in [-0.3, -0.25) is 4.79 Å². The van der Waals surface area contributed by atoms with Crippen LogP contribution in [0.3, 0.4) is 0 Å². The number of aromatic carboxylic acids is 2. The van der Waals surface area contributed by atoms with Gasteiger partial charge < -0.3 is 25.8 Å². The zero-order valence-electron chi connectivity index (χ0n) is 15.6. The van der Waals surface area contributed by atoms with E-state index in [-0.39, 0.29) is 28.7 Å². The third kappa shape index (κ3) is 7.17. The highest BCUT2D eigenvalue weighted by atomic mass is 16.6. The van der Waals surface area contributed by atoms with Crippen LogP contribution in [0.25, 0.3) is 0 Å². The summed E-state index contributed by atoms with van der Waals surface area (Å²) in [5.74, 6) is -5.82. The molecule has 0 bridgehead atoms. The average Bonchev–Trinajstić information content (AvgIpc) is 2.72. The monoisotopic (exact) mass is 417 g/mol. The van der Waals surface area contributed by atoms with Gasteiger partial charge in [0.05, 0.1) is 22.3 Å². The number of hydrogen-bond donors (Lipinski definition) is 4. The zero-order chi connectivity index (χ0) is 22.7. The molecule has 0 amide bonds. The number of esters is 2. The number of benzene rings is 2. The molecule has 2 rings (SSSR count). The van der Waals surface area contributed by atoms with Crippen molar-refractivity contribution in [3.05, 3.63) is 70.8 Å². The lowest BCUT2D eigenvalue weighted by Crippen LogP contribution is -2.18. The fraction of sp³-hybridized carbons (Fsp3) is 0.150. The largest absolute Gasteiger partial charge is 0.481 e. The van der Waals surface area contributed by atoms with Crippen LogP contribution in [0.2, 0.25) is 0 Å². The first-order valence-corrected chi connectivity index (χ1v) is 8.52. The third-order valence-corrected chi connectivity index (χ3v) is 3.53. The molecule has 0 fully saturated rings. The lowest BCUT2D eigenvalue weighted by molar-refractivity contribution is -0.137. The number of hydrogen-bond acceptors (Lipinski definition) is 7. The van der Waals surface area contributed by atoms with Gasteiger partial charge in [-0.05, 0) is 37.2 Å². The minimum absolute atomic E-state index is 0.191. The number of carbonyl (C=O) groups is 5. The summed E-state index contributed by atoms with van der Waals surface area (Å²) in [4.78, 5) is 55.8. The second-order valence-corrected chi connectivity index (χ2v) is 5.66.